The van der Waals surface area contributed by atoms with Crippen molar-refractivity contribution in [1.29, 1.82) is 0 Å². The first-order chi connectivity index (χ1) is 5.66. The second-order valence-electron chi connectivity index (χ2n) is 4.34. The summed E-state index contributed by atoms with van der Waals surface area (Å²) < 4.78 is 5.59. The third-order valence-corrected chi connectivity index (χ3v) is 3.29. The Hall–Kier alpha value is -0.500. The molecule has 0 saturated heterocycles. The standard InChI is InChI=1S/C10H16O2/c1-10(2)8(6-11)5-7-3-4-12-9(7)10/h8,11H,3-6H2,1-2H3. The van der Waals surface area contributed by atoms with Gasteiger partial charge in [-0.25, -0.2) is 0 Å². The lowest BCUT2D eigenvalue weighted by Gasteiger charge is -2.28. The van der Waals surface area contributed by atoms with Gasteiger partial charge in [0.15, 0.2) is 0 Å². The van der Waals surface area contributed by atoms with E-state index >= 15 is 0 Å². The van der Waals surface area contributed by atoms with Crippen LogP contribution in [-0.4, -0.2) is 18.3 Å². The lowest BCUT2D eigenvalue weighted by molar-refractivity contribution is 0.0948. The van der Waals surface area contributed by atoms with Gasteiger partial charge < -0.3 is 9.84 Å². The summed E-state index contributed by atoms with van der Waals surface area (Å²) in [7, 11) is 0. The topological polar surface area (TPSA) is 29.5 Å². The monoisotopic (exact) mass is 168 g/mol. The van der Waals surface area contributed by atoms with Crippen molar-refractivity contribution in [1.82, 2.24) is 0 Å². The molecule has 1 unspecified atom stereocenters. The maximum absolute atomic E-state index is 9.17. The second kappa shape index (κ2) is 2.49. The van der Waals surface area contributed by atoms with Gasteiger partial charge in [0.05, 0.1) is 6.61 Å². The Kier molecular flexibility index (Phi) is 1.69. The Labute approximate surface area is 73.2 Å². The van der Waals surface area contributed by atoms with E-state index in [1.54, 1.807) is 0 Å². The molecular formula is C10H16O2. The van der Waals surface area contributed by atoms with Crippen LogP contribution in [0.2, 0.25) is 0 Å². The lowest BCUT2D eigenvalue weighted by atomic mass is 9.81. The zero-order chi connectivity index (χ0) is 8.77. The van der Waals surface area contributed by atoms with Gasteiger partial charge in [-0.3, -0.25) is 0 Å². The first-order valence-corrected chi connectivity index (χ1v) is 4.62. The van der Waals surface area contributed by atoms with Gasteiger partial charge in [0.25, 0.3) is 0 Å². The number of aliphatic hydroxyl groups excluding tert-OH is 1. The minimum atomic E-state index is 0.0700. The molecule has 1 aliphatic heterocycles. The maximum Gasteiger partial charge on any atom is 0.101 e. The molecule has 2 rings (SSSR count). The van der Waals surface area contributed by atoms with Gasteiger partial charge in [0.2, 0.25) is 0 Å². The van der Waals surface area contributed by atoms with Crippen molar-refractivity contribution in [3.63, 3.8) is 0 Å². The molecule has 1 heterocycles. The summed E-state index contributed by atoms with van der Waals surface area (Å²) >= 11 is 0. The Balaban J connectivity index is 2.26. The van der Waals surface area contributed by atoms with Crippen molar-refractivity contribution in [2.45, 2.75) is 26.7 Å². The molecule has 0 aromatic carbocycles. The maximum atomic E-state index is 9.17. The predicted octanol–water partition coefficient (Wildman–Crippen LogP) is 1.70. The third kappa shape index (κ3) is 0.908. The highest BCUT2D eigenvalue weighted by atomic mass is 16.5. The first-order valence-electron chi connectivity index (χ1n) is 4.62. The highest BCUT2D eigenvalue weighted by molar-refractivity contribution is 5.27. The van der Waals surface area contributed by atoms with Gasteiger partial charge in [0, 0.05) is 18.4 Å². The molecular weight excluding hydrogens is 152 g/mol. The average Bonchev–Trinajstić information content (AvgIpc) is 2.53. The number of aliphatic hydroxyl groups is 1. The highest BCUT2D eigenvalue weighted by Gasteiger charge is 2.44. The van der Waals surface area contributed by atoms with Crippen LogP contribution in [0.3, 0.4) is 0 Å². The van der Waals surface area contributed by atoms with Crippen molar-refractivity contribution < 1.29 is 9.84 Å². The number of rotatable bonds is 1. The van der Waals surface area contributed by atoms with Gasteiger partial charge >= 0.3 is 0 Å². The molecule has 0 amide bonds. The molecule has 0 radical (unpaired) electrons. The van der Waals surface area contributed by atoms with Crippen molar-refractivity contribution >= 4 is 0 Å². The van der Waals surface area contributed by atoms with Crippen LogP contribution in [0.25, 0.3) is 0 Å². The fraction of sp³-hybridized carbons (Fsp3) is 0.800. The zero-order valence-electron chi connectivity index (χ0n) is 7.76. The summed E-state index contributed by atoms with van der Waals surface area (Å²) in [6.45, 7) is 5.47. The first kappa shape index (κ1) is 8.11. The van der Waals surface area contributed by atoms with Gasteiger partial charge in [-0.15, -0.1) is 0 Å². The Morgan fingerprint density at radius 1 is 1.58 bits per heavy atom. The van der Waals surface area contributed by atoms with E-state index in [0.717, 1.165) is 19.4 Å². The molecule has 0 fully saturated rings. The van der Waals surface area contributed by atoms with E-state index in [1.807, 2.05) is 0 Å². The zero-order valence-corrected chi connectivity index (χ0v) is 7.76. The van der Waals surface area contributed by atoms with E-state index in [4.69, 9.17) is 4.74 Å². The number of allylic oxidation sites excluding steroid dienone is 1. The van der Waals surface area contributed by atoms with Crippen LogP contribution in [-0.2, 0) is 4.74 Å². The van der Waals surface area contributed by atoms with Crippen molar-refractivity contribution in [3.8, 4) is 0 Å². The summed E-state index contributed by atoms with van der Waals surface area (Å²) in [6.07, 6.45) is 2.12. The number of hydrogen-bond acceptors (Lipinski definition) is 2. The molecule has 2 heteroatoms. The van der Waals surface area contributed by atoms with Crippen LogP contribution in [0.4, 0.5) is 0 Å². The Morgan fingerprint density at radius 3 is 2.92 bits per heavy atom. The van der Waals surface area contributed by atoms with E-state index in [0.29, 0.717) is 5.92 Å². The molecule has 1 N–H and O–H groups in total. The SMILES string of the molecule is CC1(C)C2=C(CCO2)CC1CO. The van der Waals surface area contributed by atoms with Crippen LogP contribution in [0.15, 0.2) is 11.3 Å². The van der Waals surface area contributed by atoms with E-state index in [1.165, 1.54) is 11.3 Å². The van der Waals surface area contributed by atoms with Crippen LogP contribution in [0.5, 0.6) is 0 Å². The number of hydrogen-bond donors (Lipinski definition) is 1. The van der Waals surface area contributed by atoms with Crippen molar-refractivity contribution in [3.05, 3.63) is 11.3 Å². The molecule has 1 atom stereocenters. The van der Waals surface area contributed by atoms with Gasteiger partial charge in [-0.05, 0) is 17.9 Å². The Morgan fingerprint density at radius 2 is 2.33 bits per heavy atom. The van der Waals surface area contributed by atoms with Crippen molar-refractivity contribution in [2.24, 2.45) is 11.3 Å². The lowest BCUT2D eigenvalue weighted by Crippen LogP contribution is -2.25. The highest BCUT2D eigenvalue weighted by Crippen LogP contribution is 2.50. The summed E-state index contributed by atoms with van der Waals surface area (Å²) in [5.74, 6) is 1.55. The molecule has 1 aliphatic carbocycles. The van der Waals surface area contributed by atoms with Gasteiger partial charge in [0.1, 0.15) is 5.76 Å². The second-order valence-corrected chi connectivity index (χ2v) is 4.34. The van der Waals surface area contributed by atoms with Crippen LogP contribution < -0.4 is 0 Å². The summed E-state index contributed by atoms with van der Waals surface area (Å²) in [4.78, 5) is 0. The smallest absolute Gasteiger partial charge is 0.101 e. The van der Waals surface area contributed by atoms with Crippen LogP contribution in [0.1, 0.15) is 26.7 Å². The molecule has 0 aromatic heterocycles. The Bertz CT molecular complexity index is 228. The summed E-state index contributed by atoms with van der Waals surface area (Å²) in [6, 6.07) is 0. The fourth-order valence-corrected chi connectivity index (χ4v) is 2.36. The molecule has 0 bridgehead atoms. The van der Waals surface area contributed by atoms with E-state index in [2.05, 4.69) is 13.8 Å². The molecule has 2 nitrogen and oxygen atoms in total. The third-order valence-electron chi connectivity index (χ3n) is 3.29. The van der Waals surface area contributed by atoms with Gasteiger partial charge in [-0.2, -0.15) is 0 Å². The average molecular weight is 168 g/mol. The molecule has 0 spiro atoms. The van der Waals surface area contributed by atoms with E-state index in [-0.39, 0.29) is 12.0 Å². The normalized spacial score (nSPS) is 32.1. The molecule has 12 heavy (non-hydrogen) atoms. The predicted molar refractivity (Wildman–Crippen MR) is 46.6 cm³/mol. The minimum absolute atomic E-state index is 0.0700. The number of ether oxygens (including phenoxy) is 1. The largest absolute Gasteiger partial charge is 0.497 e. The van der Waals surface area contributed by atoms with E-state index < -0.39 is 0 Å². The van der Waals surface area contributed by atoms with Crippen molar-refractivity contribution in [2.75, 3.05) is 13.2 Å². The molecule has 0 saturated carbocycles. The molecule has 2 aliphatic rings. The molecule has 68 valence electrons. The van der Waals surface area contributed by atoms with Crippen LogP contribution >= 0.6 is 0 Å². The summed E-state index contributed by atoms with van der Waals surface area (Å²) in [5.41, 5.74) is 1.51. The minimum Gasteiger partial charge on any atom is -0.497 e. The van der Waals surface area contributed by atoms with Crippen LogP contribution in [0, 0.1) is 11.3 Å². The van der Waals surface area contributed by atoms with E-state index in [9.17, 15) is 5.11 Å². The summed E-state index contributed by atoms with van der Waals surface area (Å²) in [5, 5.41) is 9.17. The fourth-order valence-electron chi connectivity index (χ4n) is 2.36. The quantitative estimate of drug-likeness (QED) is 0.645. The molecule has 0 aromatic rings. The van der Waals surface area contributed by atoms with Gasteiger partial charge in [-0.1, -0.05) is 13.8 Å².